The van der Waals surface area contributed by atoms with Gasteiger partial charge in [-0.25, -0.2) is 0 Å². The van der Waals surface area contributed by atoms with E-state index in [9.17, 15) is 18.3 Å². The number of aliphatic hydroxyl groups excluding tert-OH is 1. The van der Waals surface area contributed by atoms with Gasteiger partial charge in [0.2, 0.25) is 0 Å². The van der Waals surface area contributed by atoms with Crippen molar-refractivity contribution in [3.05, 3.63) is 59.7 Å². The molecule has 0 aliphatic carbocycles. The van der Waals surface area contributed by atoms with Crippen molar-refractivity contribution in [3.63, 3.8) is 0 Å². The van der Waals surface area contributed by atoms with Crippen molar-refractivity contribution < 1.29 is 23.0 Å². The summed E-state index contributed by atoms with van der Waals surface area (Å²) in [7, 11) is 1.88. The number of halogens is 3. The topological polar surface area (TPSA) is 32.7 Å². The minimum absolute atomic E-state index is 0.171. The summed E-state index contributed by atoms with van der Waals surface area (Å²) in [5.41, 5.74) is 0.714. The summed E-state index contributed by atoms with van der Waals surface area (Å²) >= 11 is 0. The average molecular weight is 395 g/mol. The highest BCUT2D eigenvalue weighted by atomic mass is 19.4. The van der Waals surface area contributed by atoms with Gasteiger partial charge in [-0.15, -0.1) is 0 Å². The Morgan fingerprint density at radius 2 is 1.61 bits per heavy atom. The molecule has 0 spiro atoms. The van der Waals surface area contributed by atoms with Gasteiger partial charge in [-0.05, 0) is 50.6 Å². The van der Waals surface area contributed by atoms with Gasteiger partial charge in [0, 0.05) is 13.1 Å². The lowest BCUT2D eigenvalue weighted by atomic mass is 9.98. The molecule has 0 saturated carbocycles. The molecule has 0 bridgehead atoms. The van der Waals surface area contributed by atoms with Gasteiger partial charge in [-0.2, -0.15) is 13.2 Å². The van der Waals surface area contributed by atoms with Crippen LogP contribution in [0, 0.1) is 0 Å². The zero-order valence-corrected chi connectivity index (χ0v) is 16.8. The largest absolute Gasteiger partial charge is 0.417 e. The molecule has 0 aliphatic rings. The summed E-state index contributed by atoms with van der Waals surface area (Å²) in [5.74, 6) is 0. The van der Waals surface area contributed by atoms with E-state index >= 15 is 0 Å². The summed E-state index contributed by atoms with van der Waals surface area (Å²) in [5, 5.41) is 10.1. The summed E-state index contributed by atoms with van der Waals surface area (Å²) in [4.78, 5) is 1.95. The number of benzene rings is 2. The predicted octanol–water partition coefficient (Wildman–Crippen LogP) is 4.98. The Morgan fingerprint density at radius 3 is 2.18 bits per heavy atom. The first-order valence-corrected chi connectivity index (χ1v) is 9.22. The number of hydrogen-bond acceptors (Lipinski definition) is 3. The van der Waals surface area contributed by atoms with Crippen LogP contribution in [0.2, 0.25) is 0 Å². The smallest absolute Gasteiger partial charge is 0.389 e. The molecule has 154 valence electrons. The lowest BCUT2D eigenvalue weighted by Crippen LogP contribution is -2.34. The maximum Gasteiger partial charge on any atom is 0.417 e. The molecule has 0 fully saturated rings. The third-order valence-corrected chi connectivity index (χ3v) is 4.18. The van der Waals surface area contributed by atoms with E-state index in [1.165, 1.54) is 12.1 Å². The first-order valence-electron chi connectivity index (χ1n) is 9.22. The Morgan fingerprint density at radius 1 is 1.00 bits per heavy atom. The van der Waals surface area contributed by atoms with E-state index < -0.39 is 17.8 Å². The SMILES string of the molecule is CN(Cc1ccc(-c2ccccc2C(F)(F)F)cc1)CC(O)COC(C)(C)C. The van der Waals surface area contributed by atoms with E-state index in [-0.39, 0.29) is 17.8 Å². The third kappa shape index (κ3) is 6.93. The number of likely N-dealkylation sites (N-methyl/N-ethyl adjacent to an activating group) is 1. The number of ether oxygens (including phenoxy) is 1. The van der Waals surface area contributed by atoms with E-state index in [2.05, 4.69) is 0 Å². The van der Waals surface area contributed by atoms with Gasteiger partial charge >= 0.3 is 6.18 Å². The zero-order valence-electron chi connectivity index (χ0n) is 16.8. The van der Waals surface area contributed by atoms with Gasteiger partial charge in [0.25, 0.3) is 0 Å². The first-order chi connectivity index (χ1) is 13.0. The van der Waals surface area contributed by atoms with E-state index in [4.69, 9.17) is 4.74 Å². The van der Waals surface area contributed by atoms with E-state index in [1.54, 1.807) is 18.2 Å². The highest BCUT2D eigenvalue weighted by Gasteiger charge is 2.33. The number of hydrogen-bond donors (Lipinski definition) is 1. The molecule has 2 aromatic rings. The molecule has 2 aromatic carbocycles. The van der Waals surface area contributed by atoms with Crippen molar-refractivity contribution in [2.24, 2.45) is 0 Å². The number of aliphatic hydroxyl groups is 1. The fourth-order valence-electron chi connectivity index (χ4n) is 2.91. The fourth-order valence-corrected chi connectivity index (χ4v) is 2.91. The molecule has 0 radical (unpaired) electrons. The van der Waals surface area contributed by atoms with Gasteiger partial charge < -0.3 is 9.84 Å². The molecular formula is C22H28F3NO2. The molecule has 0 amide bonds. The van der Waals surface area contributed by atoms with Gasteiger partial charge in [-0.3, -0.25) is 4.90 Å². The predicted molar refractivity (Wildman–Crippen MR) is 105 cm³/mol. The van der Waals surface area contributed by atoms with Crippen LogP contribution in [-0.2, 0) is 17.5 Å². The van der Waals surface area contributed by atoms with E-state index in [0.717, 1.165) is 11.6 Å². The Hall–Kier alpha value is -1.89. The quantitative estimate of drug-likeness (QED) is 0.718. The van der Waals surface area contributed by atoms with Crippen LogP contribution >= 0.6 is 0 Å². The van der Waals surface area contributed by atoms with Crippen molar-refractivity contribution in [3.8, 4) is 11.1 Å². The molecule has 1 N–H and O–H groups in total. The molecule has 1 atom stereocenters. The molecule has 0 aromatic heterocycles. The second-order valence-corrected chi connectivity index (χ2v) is 8.01. The van der Waals surface area contributed by atoms with Crippen molar-refractivity contribution >= 4 is 0 Å². The minimum atomic E-state index is -4.39. The minimum Gasteiger partial charge on any atom is -0.389 e. The highest BCUT2D eigenvalue weighted by Crippen LogP contribution is 2.36. The Balaban J connectivity index is 2.00. The van der Waals surface area contributed by atoms with Crippen LogP contribution < -0.4 is 0 Å². The summed E-state index contributed by atoms with van der Waals surface area (Å²) in [6, 6.07) is 12.6. The number of alkyl halides is 3. The maximum atomic E-state index is 13.2. The van der Waals surface area contributed by atoms with Crippen molar-refractivity contribution in [1.29, 1.82) is 0 Å². The van der Waals surface area contributed by atoms with Crippen LogP contribution in [0.4, 0.5) is 13.2 Å². The lowest BCUT2D eigenvalue weighted by molar-refractivity contribution is -0.137. The molecule has 1 unspecified atom stereocenters. The normalized spacial score (nSPS) is 13.8. The molecule has 0 aliphatic heterocycles. The summed E-state index contributed by atoms with van der Waals surface area (Å²) < 4.78 is 45.2. The molecule has 3 nitrogen and oxygen atoms in total. The van der Waals surface area contributed by atoms with Crippen LogP contribution in [0.1, 0.15) is 31.9 Å². The van der Waals surface area contributed by atoms with Crippen LogP contribution in [0.25, 0.3) is 11.1 Å². The summed E-state index contributed by atoms with van der Waals surface area (Å²) in [6.45, 7) is 7.06. The molecular weight excluding hydrogens is 367 g/mol. The van der Waals surface area contributed by atoms with Crippen LogP contribution in [-0.4, -0.2) is 41.9 Å². The van der Waals surface area contributed by atoms with Gasteiger partial charge in [0.15, 0.2) is 0 Å². The average Bonchev–Trinajstić information content (AvgIpc) is 2.59. The fraction of sp³-hybridized carbons (Fsp3) is 0.455. The lowest BCUT2D eigenvalue weighted by Gasteiger charge is -2.25. The maximum absolute atomic E-state index is 13.2. The molecule has 2 rings (SSSR count). The van der Waals surface area contributed by atoms with Crippen LogP contribution in [0.3, 0.4) is 0 Å². The number of rotatable bonds is 7. The van der Waals surface area contributed by atoms with Gasteiger partial charge in [-0.1, -0.05) is 42.5 Å². The Bertz CT molecular complexity index is 752. The Kier molecular flexibility index (Phi) is 7.26. The standard InChI is InChI=1S/C22H28F3NO2/c1-21(2,3)28-15-18(27)14-26(4)13-16-9-11-17(12-10-16)19-7-5-6-8-20(19)22(23,24)25/h5-12,18,27H,13-15H2,1-4H3. The van der Waals surface area contributed by atoms with Crippen LogP contribution in [0.5, 0.6) is 0 Å². The molecule has 28 heavy (non-hydrogen) atoms. The summed E-state index contributed by atoms with van der Waals surface area (Å²) in [6.07, 6.45) is -5.00. The number of nitrogens with zero attached hydrogens (tertiary/aromatic N) is 1. The molecule has 6 heteroatoms. The highest BCUT2D eigenvalue weighted by molar-refractivity contribution is 5.68. The van der Waals surface area contributed by atoms with E-state index in [1.807, 2.05) is 44.9 Å². The second kappa shape index (κ2) is 9.07. The first kappa shape index (κ1) is 22.4. The van der Waals surface area contributed by atoms with Crippen molar-refractivity contribution in [1.82, 2.24) is 4.90 Å². The van der Waals surface area contributed by atoms with Crippen molar-refractivity contribution in [2.45, 2.75) is 45.2 Å². The molecule has 0 saturated heterocycles. The monoisotopic (exact) mass is 395 g/mol. The zero-order chi connectivity index (χ0) is 20.9. The van der Waals surface area contributed by atoms with Gasteiger partial charge in [0.1, 0.15) is 0 Å². The third-order valence-electron chi connectivity index (χ3n) is 4.18. The molecule has 0 heterocycles. The Labute approximate surface area is 164 Å². The second-order valence-electron chi connectivity index (χ2n) is 8.01. The van der Waals surface area contributed by atoms with E-state index in [0.29, 0.717) is 18.7 Å². The van der Waals surface area contributed by atoms with Crippen molar-refractivity contribution in [2.75, 3.05) is 20.2 Å². The van der Waals surface area contributed by atoms with Crippen LogP contribution in [0.15, 0.2) is 48.5 Å². The van der Waals surface area contributed by atoms with Gasteiger partial charge in [0.05, 0.1) is 23.9 Å².